The van der Waals surface area contributed by atoms with Gasteiger partial charge in [0.15, 0.2) is 0 Å². The van der Waals surface area contributed by atoms with Gasteiger partial charge in [0.2, 0.25) is 11.8 Å². The highest BCUT2D eigenvalue weighted by atomic mass is 35.5. The molecule has 2 N–H and O–H groups in total. The normalized spacial score (nSPS) is 20.2. The van der Waals surface area contributed by atoms with Crippen LogP contribution in [0.1, 0.15) is 50.7 Å². The van der Waals surface area contributed by atoms with Gasteiger partial charge >= 0.3 is 0 Å². The van der Waals surface area contributed by atoms with Gasteiger partial charge in [0.1, 0.15) is 23.3 Å². The van der Waals surface area contributed by atoms with Gasteiger partial charge in [-0.15, -0.1) is 0 Å². The molecule has 0 radical (unpaired) electrons. The number of hydrogen-bond acceptors (Lipinski definition) is 4. The molecule has 2 amide bonds. The number of nitrogens with zero attached hydrogens (tertiary/aromatic N) is 2. The molecule has 4 aromatic carbocycles. The molecule has 2 aliphatic rings. The Balaban J connectivity index is 0.000000201. The van der Waals surface area contributed by atoms with Gasteiger partial charge in [-0.25, -0.2) is 17.6 Å². The maximum absolute atomic E-state index is 14.2. The van der Waals surface area contributed by atoms with E-state index in [1.165, 1.54) is 35.8 Å². The first kappa shape index (κ1) is 39.8. The van der Waals surface area contributed by atoms with E-state index in [1.54, 1.807) is 36.4 Å². The number of benzene rings is 4. The zero-order valence-electron chi connectivity index (χ0n) is 28.0. The van der Waals surface area contributed by atoms with Crippen molar-refractivity contribution in [1.29, 1.82) is 0 Å². The summed E-state index contributed by atoms with van der Waals surface area (Å²) in [5.74, 6) is -4.39. The number of aliphatic hydroxyl groups is 2. The van der Waals surface area contributed by atoms with E-state index in [0.29, 0.717) is 44.3 Å². The fourth-order valence-corrected chi connectivity index (χ4v) is 7.98. The van der Waals surface area contributed by atoms with Crippen LogP contribution < -0.4 is 9.80 Å². The van der Waals surface area contributed by atoms with Gasteiger partial charge in [-0.3, -0.25) is 9.59 Å². The number of para-hydroxylation sites is 2. The second-order valence-corrected chi connectivity index (χ2v) is 14.8. The van der Waals surface area contributed by atoms with E-state index in [2.05, 4.69) is 0 Å². The topological polar surface area (TPSA) is 81.1 Å². The van der Waals surface area contributed by atoms with Gasteiger partial charge in [-0.05, 0) is 63.1 Å². The van der Waals surface area contributed by atoms with Gasteiger partial charge in [0.05, 0.1) is 42.7 Å². The van der Waals surface area contributed by atoms with Crippen LogP contribution in [0.4, 0.5) is 28.9 Å². The first-order chi connectivity index (χ1) is 24.4. The van der Waals surface area contributed by atoms with Gasteiger partial charge < -0.3 is 20.0 Å². The highest BCUT2D eigenvalue weighted by Gasteiger charge is 2.43. The average Bonchev–Trinajstić information content (AvgIpc) is 3.06. The van der Waals surface area contributed by atoms with Crippen molar-refractivity contribution < 1.29 is 37.4 Å². The lowest BCUT2D eigenvalue weighted by Gasteiger charge is -2.41. The smallest absolute Gasteiger partial charge is 0.227 e. The molecule has 0 saturated carbocycles. The van der Waals surface area contributed by atoms with Crippen LogP contribution in [0.2, 0.25) is 20.1 Å². The van der Waals surface area contributed by atoms with Crippen LogP contribution in [0.5, 0.6) is 0 Å². The predicted octanol–water partition coefficient (Wildman–Crippen LogP) is 9.84. The third-order valence-corrected chi connectivity index (χ3v) is 11.0. The molecule has 0 aromatic heterocycles. The van der Waals surface area contributed by atoms with Crippen molar-refractivity contribution in [2.75, 3.05) is 22.9 Å². The average molecular weight is 801 g/mol. The number of carbonyl (C=O) groups excluding carboxylic acids is 2. The summed E-state index contributed by atoms with van der Waals surface area (Å²) in [5.41, 5.74) is -2.46. The molecule has 4 atom stereocenters. The Labute approximate surface area is 318 Å². The molecule has 276 valence electrons. The minimum Gasteiger partial charge on any atom is -0.385 e. The number of rotatable bonds is 6. The van der Waals surface area contributed by atoms with Crippen LogP contribution in [0.15, 0.2) is 72.8 Å². The molecule has 0 bridgehead atoms. The third kappa shape index (κ3) is 8.22. The first-order valence-corrected chi connectivity index (χ1v) is 17.8. The molecule has 0 aliphatic carbocycles. The number of carbonyl (C=O) groups is 2. The van der Waals surface area contributed by atoms with E-state index < -0.39 is 46.3 Å². The van der Waals surface area contributed by atoms with Crippen LogP contribution in [-0.2, 0) is 20.8 Å². The van der Waals surface area contributed by atoms with Crippen molar-refractivity contribution in [3.05, 3.63) is 127 Å². The maximum atomic E-state index is 14.2. The minimum absolute atomic E-state index is 0.0107. The summed E-state index contributed by atoms with van der Waals surface area (Å²) in [7, 11) is 0. The van der Waals surface area contributed by atoms with E-state index in [9.17, 15) is 37.4 Å². The van der Waals surface area contributed by atoms with Crippen LogP contribution in [0.3, 0.4) is 0 Å². The first-order valence-electron chi connectivity index (χ1n) is 16.3. The second kappa shape index (κ2) is 15.9. The maximum Gasteiger partial charge on any atom is 0.227 e. The SMILES string of the molecule is CC(O)(c1ccc(F)cc1F)C1CCC(=O)N(c2c(Cl)cccc2Cl)C1.CC(O)(c1ccc(F)cc1F)C1CCC(=O)N(c2c(Cl)cccc2Cl)C1. The van der Waals surface area contributed by atoms with Gasteiger partial charge in [-0.2, -0.15) is 0 Å². The van der Waals surface area contributed by atoms with E-state index >= 15 is 0 Å². The van der Waals surface area contributed by atoms with E-state index in [1.807, 2.05) is 0 Å². The molecule has 4 aromatic rings. The number of anilines is 2. The standard InChI is InChI=1S/2C19H17Cl2F2NO2/c2*1-19(26,13-7-6-12(22)9-16(13)23)11-5-8-17(25)24(10-11)18-14(20)3-2-4-15(18)21/h2*2-4,6-7,9,11,26H,5,8,10H2,1H3. The number of piperidine rings is 2. The fourth-order valence-electron chi connectivity index (χ4n) is 6.78. The lowest BCUT2D eigenvalue weighted by Crippen LogP contribution is -2.48. The molecular weight excluding hydrogens is 766 g/mol. The predicted molar refractivity (Wildman–Crippen MR) is 195 cm³/mol. The second-order valence-electron chi connectivity index (χ2n) is 13.2. The molecular formula is C38H34Cl4F4N2O4. The highest BCUT2D eigenvalue weighted by Crippen LogP contribution is 2.43. The summed E-state index contributed by atoms with van der Waals surface area (Å²) < 4.78 is 54.8. The third-order valence-electron chi connectivity index (χ3n) is 9.78. The largest absolute Gasteiger partial charge is 0.385 e. The van der Waals surface area contributed by atoms with Gasteiger partial charge in [-0.1, -0.05) is 70.7 Å². The molecule has 52 heavy (non-hydrogen) atoms. The summed E-state index contributed by atoms with van der Waals surface area (Å²) in [6.07, 6.45) is 1.04. The minimum atomic E-state index is -1.59. The zero-order valence-corrected chi connectivity index (χ0v) is 31.0. The summed E-state index contributed by atoms with van der Waals surface area (Å²) >= 11 is 24.8. The molecule has 0 spiro atoms. The van der Waals surface area contributed by atoms with Crippen molar-refractivity contribution in [1.82, 2.24) is 0 Å². The molecule has 2 heterocycles. The molecule has 14 heteroatoms. The van der Waals surface area contributed by atoms with Crippen molar-refractivity contribution in [2.45, 2.75) is 50.7 Å². The van der Waals surface area contributed by atoms with Gasteiger partial charge in [0, 0.05) is 61.0 Å². The Morgan fingerprint density at radius 3 is 1.23 bits per heavy atom. The molecule has 2 saturated heterocycles. The lowest BCUT2D eigenvalue weighted by molar-refractivity contribution is -0.123. The molecule has 6 rings (SSSR count). The number of amides is 2. The Kier molecular flexibility index (Phi) is 12.2. The molecule has 4 unspecified atom stereocenters. The fraction of sp³-hybridized carbons (Fsp3) is 0.316. The van der Waals surface area contributed by atoms with Gasteiger partial charge in [0.25, 0.3) is 0 Å². The van der Waals surface area contributed by atoms with Crippen LogP contribution in [-0.4, -0.2) is 35.1 Å². The van der Waals surface area contributed by atoms with Crippen LogP contribution in [0.25, 0.3) is 0 Å². The quantitative estimate of drug-likeness (QED) is 0.191. The van der Waals surface area contributed by atoms with Crippen molar-refractivity contribution in [3.63, 3.8) is 0 Å². The number of hydrogen-bond donors (Lipinski definition) is 2. The molecule has 2 aliphatic heterocycles. The summed E-state index contributed by atoms with van der Waals surface area (Å²) in [5, 5.41) is 23.3. The summed E-state index contributed by atoms with van der Waals surface area (Å²) in [6, 6.07) is 16.0. The van der Waals surface area contributed by atoms with Crippen molar-refractivity contribution in [3.8, 4) is 0 Å². The van der Waals surface area contributed by atoms with Crippen molar-refractivity contribution >= 4 is 69.6 Å². The van der Waals surface area contributed by atoms with Crippen molar-refractivity contribution in [2.24, 2.45) is 11.8 Å². The van der Waals surface area contributed by atoms with E-state index in [0.717, 1.165) is 24.3 Å². The Bertz CT molecular complexity index is 1820. The molecule has 2 fully saturated rings. The van der Waals surface area contributed by atoms with Crippen LogP contribution in [0, 0.1) is 35.1 Å². The summed E-state index contributed by atoms with van der Waals surface area (Å²) in [4.78, 5) is 27.7. The van der Waals surface area contributed by atoms with E-state index in [-0.39, 0.29) is 48.9 Å². The van der Waals surface area contributed by atoms with E-state index in [4.69, 9.17) is 46.4 Å². The van der Waals surface area contributed by atoms with Crippen LogP contribution >= 0.6 is 46.4 Å². The molecule has 6 nitrogen and oxygen atoms in total. The Hall–Kier alpha value is -3.38. The summed E-state index contributed by atoms with van der Waals surface area (Å²) in [6.45, 7) is 3.17. The Morgan fingerprint density at radius 1 is 0.596 bits per heavy atom. The Morgan fingerprint density at radius 2 is 0.923 bits per heavy atom. The highest BCUT2D eigenvalue weighted by molar-refractivity contribution is 6.40. The monoisotopic (exact) mass is 798 g/mol. The number of halogens is 8. The lowest BCUT2D eigenvalue weighted by atomic mass is 9.78. The zero-order chi connectivity index (χ0) is 38.1.